The molecule has 134 valence electrons. The Labute approximate surface area is 147 Å². The summed E-state index contributed by atoms with van der Waals surface area (Å²) in [7, 11) is 1.55. The van der Waals surface area contributed by atoms with E-state index in [1.807, 2.05) is 18.2 Å². The summed E-state index contributed by atoms with van der Waals surface area (Å²) in [6.07, 6.45) is -3.66. The fourth-order valence-corrected chi connectivity index (χ4v) is 2.84. The molecule has 1 aromatic carbocycles. The zero-order valence-electron chi connectivity index (χ0n) is 13.6. The number of nitrogens with one attached hydrogen (secondary N) is 1. The number of ether oxygens (including phenoxy) is 1. The SMILES string of the molecule is COc1ccccc1CNC(=O)C(C)Sc1ccc(C(F)(F)F)cn1. The van der Waals surface area contributed by atoms with E-state index in [1.165, 1.54) is 6.07 Å². The smallest absolute Gasteiger partial charge is 0.417 e. The van der Waals surface area contributed by atoms with Crippen LogP contribution in [-0.2, 0) is 17.5 Å². The topological polar surface area (TPSA) is 51.2 Å². The molecule has 1 N–H and O–H groups in total. The van der Waals surface area contributed by atoms with Gasteiger partial charge in [0.05, 0.1) is 22.9 Å². The van der Waals surface area contributed by atoms with E-state index in [0.717, 1.165) is 29.6 Å². The average molecular weight is 370 g/mol. The third-order valence-corrected chi connectivity index (χ3v) is 4.43. The normalized spacial score (nSPS) is 12.5. The van der Waals surface area contributed by atoms with Gasteiger partial charge in [-0.2, -0.15) is 13.2 Å². The van der Waals surface area contributed by atoms with Crippen molar-refractivity contribution >= 4 is 17.7 Å². The minimum atomic E-state index is -4.42. The molecule has 0 aliphatic heterocycles. The fourth-order valence-electron chi connectivity index (χ4n) is 2.03. The highest BCUT2D eigenvalue weighted by Gasteiger charge is 2.30. The van der Waals surface area contributed by atoms with Crippen molar-refractivity contribution in [3.8, 4) is 5.75 Å². The number of amides is 1. The lowest BCUT2D eigenvalue weighted by Gasteiger charge is -2.13. The standard InChI is InChI=1S/C17H17F3N2O2S/c1-11(25-15-8-7-13(10-21-15)17(18,19)20)16(23)22-9-12-5-3-4-6-14(12)24-2/h3-8,10-11H,9H2,1-2H3,(H,22,23). The highest BCUT2D eigenvalue weighted by atomic mass is 32.2. The Morgan fingerprint density at radius 1 is 1.28 bits per heavy atom. The van der Waals surface area contributed by atoms with Crippen molar-refractivity contribution in [2.45, 2.75) is 29.9 Å². The minimum absolute atomic E-state index is 0.238. The zero-order valence-corrected chi connectivity index (χ0v) is 14.4. The van der Waals surface area contributed by atoms with Gasteiger partial charge in [-0.15, -0.1) is 0 Å². The Hall–Kier alpha value is -2.22. The van der Waals surface area contributed by atoms with Crippen LogP contribution < -0.4 is 10.1 Å². The molecule has 0 radical (unpaired) electrons. The molecule has 1 unspecified atom stereocenters. The number of hydrogen-bond acceptors (Lipinski definition) is 4. The number of carbonyl (C=O) groups is 1. The van der Waals surface area contributed by atoms with Gasteiger partial charge in [0, 0.05) is 18.3 Å². The first-order valence-electron chi connectivity index (χ1n) is 7.40. The third kappa shape index (κ3) is 5.38. The number of nitrogens with zero attached hydrogens (tertiary/aromatic N) is 1. The first kappa shape index (κ1) is 19.1. The van der Waals surface area contributed by atoms with E-state index in [9.17, 15) is 18.0 Å². The van der Waals surface area contributed by atoms with Crippen molar-refractivity contribution in [1.29, 1.82) is 0 Å². The van der Waals surface area contributed by atoms with Crippen LogP contribution >= 0.6 is 11.8 Å². The van der Waals surface area contributed by atoms with Crippen molar-refractivity contribution in [2.24, 2.45) is 0 Å². The third-order valence-electron chi connectivity index (χ3n) is 3.38. The summed E-state index contributed by atoms with van der Waals surface area (Å²) in [5.41, 5.74) is 0.0216. The molecule has 25 heavy (non-hydrogen) atoms. The summed E-state index contributed by atoms with van der Waals surface area (Å²) in [5, 5.41) is 2.64. The van der Waals surface area contributed by atoms with Crippen LogP contribution in [0.5, 0.6) is 5.75 Å². The summed E-state index contributed by atoms with van der Waals surface area (Å²) >= 11 is 1.09. The van der Waals surface area contributed by atoms with Crippen LogP contribution in [0, 0.1) is 0 Å². The van der Waals surface area contributed by atoms with Crippen LogP contribution in [0.25, 0.3) is 0 Å². The van der Waals surface area contributed by atoms with Crippen molar-refractivity contribution in [1.82, 2.24) is 10.3 Å². The van der Waals surface area contributed by atoms with Crippen LogP contribution in [0.3, 0.4) is 0 Å². The molecule has 8 heteroatoms. The molecule has 1 aromatic heterocycles. The van der Waals surface area contributed by atoms with E-state index < -0.39 is 17.0 Å². The van der Waals surface area contributed by atoms with Crippen molar-refractivity contribution in [2.75, 3.05) is 7.11 Å². The lowest BCUT2D eigenvalue weighted by molar-refractivity contribution is -0.137. The Morgan fingerprint density at radius 3 is 2.60 bits per heavy atom. The lowest BCUT2D eigenvalue weighted by Crippen LogP contribution is -2.30. The number of benzene rings is 1. The van der Waals surface area contributed by atoms with Gasteiger partial charge in [-0.1, -0.05) is 30.0 Å². The number of thioether (sulfide) groups is 1. The zero-order chi connectivity index (χ0) is 18.4. The highest BCUT2D eigenvalue weighted by Crippen LogP contribution is 2.30. The van der Waals surface area contributed by atoms with Gasteiger partial charge in [0.15, 0.2) is 0 Å². The van der Waals surface area contributed by atoms with Gasteiger partial charge in [0.1, 0.15) is 5.75 Å². The maximum atomic E-state index is 12.5. The maximum Gasteiger partial charge on any atom is 0.417 e. The maximum absolute atomic E-state index is 12.5. The van der Waals surface area contributed by atoms with E-state index in [4.69, 9.17) is 4.74 Å². The second-order valence-corrected chi connectivity index (χ2v) is 6.53. The summed E-state index contributed by atoms with van der Waals surface area (Å²) in [5.74, 6) is 0.435. The molecule has 1 heterocycles. The van der Waals surface area contributed by atoms with Crippen LogP contribution in [0.4, 0.5) is 13.2 Å². The summed E-state index contributed by atoms with van der Waals surface area (Å²) in [6.45, 7) is 1.97. The second kappa shape index (κ2) is 8.24. The number of alkyl halides is 3. The van der Waals surface area contributed by atoms with E-state index in [-0.39, 0.29) is 5.91 Å². The number of carbonyl (C=O) groups excluding carboxylic acids is 1. The number of aromatic nitrogens is 1. The molecule has 1 atom stereocenters. The molecule has 0 aliphatic rings. The molecule has 4 nitrogen and oxygen atoms in total. The van der Waals surface area contributed by atoms with E-state index in [0.29, 0.717) is 17.3 Å². The Kier molecular flexibility index (Phi) is 6.30. The van der Waals surface area contributed by atoms with Crippen LogP contribution in [-0.4, -0.2) is 23.3 Å². The number of pyridine rings is 1. The van der Waals surface area contributed by atoms with Crippen molar-refractivity contribution in [3.05, 3.63) is 53.7 Å². The van der Waals surface area contributed by atoms with E-state index in [2.05, 4.69) is 10.3 Å². The van der Waals surface area contributed by atoms with Gasteiger partial charge in [0.2, 0.25) is 5.91 Å². The molecular weight excluding hydrogens is 353 g/mol. The first-order chi connectivity index (χ1) is 11.8. The van der Waals surface area contributed by atoms with E-state index >= 15 is 0 Å². The summed E-state index contributed by atoms with van der Waals surface area (Å²) in [4.78, 5) is 15.9. The number of methoxy groups -OCH3 is 1. The van der Waals surface area contributed by atoms with E-state index in [1.54, 1.807) is 20.1 Å². The Balaban J connectivity index is 1.92. The predicted octanol–water partition coefficient (Wildman–Crippen LogP) is 3.91. The quantitative estimate of drug-likeness (QED) is 0.784. The monoisotopic (exact) mass is 370 g/mol. The minimum Gasteiger partial charge on any atom is -0.496 e. The van der Waals surface area contributed by atoms with Gasteiger partial charge >= 0.3 is 6.18 Å². The molecule has 2 aromatic rings. The number of para-hydroxylation sites is 1. The molecule has 2 rings (SSSR count). The molecule has 0 fully saturated rings. The van der Waals surface area contributed by atoms with Crippen LogP contribution in [0.2, 0.25) is 0 Å². The van der Waals surface area contributed by atoms with Crippen LogP contribution in [0.15, 0.2) is 47.6 Å². The van der Waals surface area contributed by atoms with Gasteiger partial charge in [0.25, 0.3) is 0 Å². The molecule has 0 saturated carbocycles. The largest absolute Gasteiger partial charge is 0.496 e. The Bertz CT molecular complexity index is 721. The van der Waals surface area contributed by atoms with Gasteiger partial charge in [-0.05, 0) is 25.1 Å². The van der Waals surface area contributed by atoms with Crippen molar-refractivity contribution in [3.63, 3.8) is 0 Å². The highest BCUT2D eigenvalue weighted by molar-refractivity contribution is 8.00. The molecule has 0 spiro atoms. The number of hydrogen-bond donors (Lipinski definition) is 1. The molecule has 1 amide bonds. The molecule has 0 aliphatic carbocycles. The molecular formula is C17H17F3N2O2S. The summed E-state index contributed by atoms with van der Waals surface area (Å²) in [6, 6.07) is 9.53. The molecule has 0 bridgehead atoms. The number of rotatable bonds is 6. The molecule has 0 saturated heterocycles. The van der Waals surface area contributed by atoms with Gasteiger partial charge in [-0.25, -0.2) is 4.98 Å². The first-order valence-corrected chi connectivity index (χ1v) is 8.28. The Morgan fingerprint density at radius 2 is 2.00 bits per heavy atom. The predicted molar refractivity (Wildman–Crippen MR) is 89.4 cm³/mol. The summed E-state index contributed by atoms with van der Waals surface area (Å²) < 4.78 is 42.8. The fraction of sp³-hybridized carbons (Fsp3) is 0.294. The lowest BCUT2D eigenvalue weighted by atomic mass is 10.2. The average Bonchev–Trinajstić information content (AvgIpc) is 2.59. The van der Waals surface area contributed by atoms with Gasteiger partial charge in [-0.3, -0.25) is 4.79 Å². The van der Waals surface area contributed by atoms with Crippen molar-refractivity contribution < 1.29 is 22.7 Å². The van der Waals surface area contributed by atoms with Crippen LogP contribution in [0.1, 0.15) is 18.1 Å². The second-order valence-electron chi connectivity index (χ2n) is 5.17. The van der Waals surface area contributed by atoms with Gasteiger partial charge < -0.3 is 10.1 Å². The number of halogens is 3.